The Hall–Kier alpha value is -2.72. The van der Waals surface area contributed by atoms with Gasteiger partial charge in [-0.15, -0.1) is 0 Å². The summed E-state index contributed by atoms with van der Waals surface area (Å²) in [5.74, 6) is -0.596. The summed E-state index contributed by atoms with van der Waals surface area (Å²) in [6.45, 7) is 6.71. The van der Waals surface area contributed by atoms with Gasteiger partial charge in [-0.25, -0.2) is 14.3 Å². The van der Waals surface area contributed by atoms with Gasteiger partial charge < -0.3 is 0 Å². The number of halogens is 1. The average molecular weight is 438 g/mol. The number of amides is 2. The van der Waals surface area contributed by atoms with Gasteiger partial charge in [-0.05, 0) is 66.5 Å². The van der Waals surface area contributed by atoms with Crippen molar-refractivity contribution in [1.29, 1.82) is 5.26 Å². The van der Waals surface area contributed by atoms with E-state index in [-0.39, 0.29) is 23.7 Å². The van der Waals surface area contributed by atoms with Crippen molar-refractivity contribution in [2.75, 3.05) is 4.90 Å². The maximum absolute atomic E-state index is 13.2. The Labute approximate surface area is 185 Å². The Balaban J connectivity index is 1.57. The number of aromatic nitrogens is 1. The third-order valence-electron chi connectivity index (χ3n) is 6.14. The van der Waals surface area contributed by atoms with Gasteiger partial charge in [0.15, 0.2) is 0 Å². The number of thioether (sulfide) groups is 1. The summed E-state index contributed by atoms with van der Waals surface area (Å²) < 4.78 is 13.2. The molecule has 160 valence electrons. The molecule has 2 aliphatic rings. The lowest BCUT2D eigenvalue weighted by atomic mass is 9.71. The summed E-state index contributed by atoms with van der Waals surface area (Å²) in [5, 5.41) is 9.54. The number of nitriles is 1. The van der Waals surface area contributed by atoms with Crippen molar-refractivity contribution in [3.8, 4) is 6.07 Å². The first-order valence-corrected chi connectivity index (χ1v) is 11.3. The van der Waals surface area contributed by atoms with Crippen molar-refractivity contribution in [1.82, 2.24) is 4.98 Å². The molecule has 1 aliphatic carbocycles. The maximum Gasteiger partial charge on any atom is 0.247 e. The van der Waals surface area contributed by atoms with Crippen LogP contribution in [0.1, 0.15) is 50.4 Å². The third-order valence-corrected chi connectivity index (χ3v) is 7.33. The molecule has 1 aromatic carbocycles. The zero-order valence-corrected chi connectivity index (χ0v) is 18.6. The molecule has 0 bridgehead atoms. The molecule has 5 nitrogen and oxygen atoms in total. The van der Waals surface area contributed by atoms with E-state index in [1.54, 1.807) is 0 Å². The van der Waals surface area contributed by atoms with Crippen LogP contribution in [0.3, 0.4) is 0 Å². The van der Waals surface area contributed by atoms with Crippen LogP contribution >= 0.6 is 11.8 Å². The number of fused-ring (bicyclic) bond motifs is 1. The number of rotatable bonds is 3. The van der Waals surface area contributed by atoms with Crippen LogP contribution in [-0.4, -0.2) is 22.0 Å². The topological polar surface area (TPSA) is 74.1 Å². The number of hydrogen-bond acceptors (Lipinski definition) is 5. The number of hydrogen-bond donors (Lipinski definition) is 0. The minimum atomic E-state index is -0.652. The molecule has 1 fully saturated rings. The molecule has 1 saturated heterocycles. The zero-order valence-electron chi connectivity index (χ0n) is 17.8. The molecule has 0 spiro atoms. The molecular formula is C24H24FN3O2S. The Bertz CT molecular complexity index is 1090. The van der Waals surface area contributed by atoms with Gasteiger partial charge in [-0.2, -0.15) is 5.26 Å². The van der Waals surface area contributed by atoms with Gasteiger partial charge in [-0.1, -0.05) is 32.5 Å². The molecule has 1 aliphatic heterocycles. The van der Waals surface area contributed by atoms with Crippen molar-refractivity contribution in [3.05, 3.63) is 53.0 Å². The molecule has 0 radical (unpaired) electrons. The third kappa shape index (κ3) is 4.22. The molecule has 2 heterocycles. The molecule has 2 aromatic rings. The fraction of sp³-hybridized carbons (Fsp3) is 0.417. The van der Waals surface area contributed by atoms with Gasteiger partial charge >= 0.3 is 0 Å². The van der Waals surface area contributed by atoms with Crippen LogP contribution in [0.25, 0.3) is 0 Å². The maximum atomic E-state index is 13.2. The highest BCUT2D eigenvalue weighted by Gasteiger charge is 2.41. The number of carbonyl (C=O) groups is 2. The molecule has 4 rings (SSSR count). The lowest BCUT2D eigenvalue weighted by molar-refractivity contribution is -0.121. The number of pyridine rings is 1. The normalized spacial score (nSPS) is 21.2. The summed E-state index contributed by atoms with van der Waals surface area (Å²) in [6, 6.07) is 9.40. The van der Waals surface area contributed by atoms with E-state index in [1.165, 1.54) is 36.0 Å². The second-order valence-corrected chi connectivity index (χ2v) is 10.4. The first-order chi connectivity index (χ1) is 14.7. The zero-order chi connectivity index (χ0) is 22.3. The van der Waals surface area contributed by atoms with Gasteiger partial charge in [-0.3, -0.25) is 9.59 Å². The Morgan fingerprint density at radius 2 is 1.90 bits per heavy atom. The molecule has 2 atom stereocenters. The van der Waals surface area contributed by atoms with Gasteiger partial charge in [0.2, 0.25) is 11.8 Å². The highest BCUT2D eigenvalue weighted by molar-refractivity contribution is 8.00. The smallest absolute Gasteiger partial charge is 0.247 e. The van der Waals surface area contributed by atoms with Crippen LogP contribution in [0, 0.1) is 28.5 Å². The lowest BCUT2D eigenvalue weighted by Gasteiger charge is -2.34. The second kappa shape index (κ2) is 8.08. The Morgan fingerprint density at radius 3 is 2.55 bits per heavy atom. The van der Waals surface area contributed by atoms with E-state index in [9.17, 15) is 19.2 Å². The highest BCUT2D eigenvalue weighted by atomic mass is 32.2. The van der Waals surface area contributed by atoms with Gasteiger partial charge in [0.25, 0.3) is 0 Å². The van der Waals surface area contributed by atoms with E-state index in [2.05, 4.69) is 26.8 Å². The van der Waals surface area contributed by atoms with Gasteiger partial charge in [0.1, 0.15) is 16.9 Å². The van der Waals surface area contributed by atoms with E-state index in [1.807, 2.05) is 6.07 Å². The van der Waals surface area contributed by atoms with Crippen LogP contribution in [0.4, 0.5) is 10.1 Å². The molecule has 1 aromatic heterocycles. The number of imide groups is 1. The summed E-state index contributed by atoms with van der Waals surface area (Å²) in [4.78, 5) is 31.3. The molecule has 7 heteroatoms. The van der Waals surface area contributed by atoms with Gasteiger partial charge in [0, 0.05) is 12.1 Å². The van der Waals surface area contributed by atoms with Crippen LogP contribution < -0.4 is 4.90 Å². The van der Waals surface area contributed by atoms with E-state index in [0.29, 0.717) is 22.2 Å². The van der Waals surface area contributed by atoms with Crippen molar-refractivity contribution >= 4 is 29.3 Å². The summed E-state index contributed by atoms with van der Waals surface area (Å²) in [6.07, 6.45) is 2.80. The Morgan fingerprint density at radius 1 is 1.19 bits per heavy atom. The Kier molecular flexibility index (Phi) is 5.61. The van der Waals surface area contributed by atoms with E-state index < -0.39 is 11.1 Å². The molecule has 2 amide bonds. The largest absolute Gasteiger partial charge is 0.274 e. The highest BCUT2D eigenvalue weighted by Crippen LogP contribution is 2.40. The van der Waals surface area contributed by atoms with Crippen LogP contribution in [-0.2, 0) is 22.4 Å². The monoisotopic (exact) mass is 437 g/mol. The van der Waals surface area contributed by atoms with Crippen molar-refractivity contribution in [2.45, 2.75) is 56.7 Å². The predicted octanol–water partition coefficient (Wildman–Crippen LogP) is 4.67. The summed E-state index contributed by atoms with van der Waals surface area (Å²) >= 11 is 1.18. The number of anilines is 1. The first kappa shape index (κ1) is 21.5. The summed E-state index contributed by atoms with van der Waals surface area (Å²) in [7, 11) is 0. The van der Waals surface area contributed by atoms with Crippen molar-refractivity contribution in [2.24, 2.45) is 11.3 Å². The average Bonchev–Trinajstić information content (AvgIpc) is 3.00. The lowest BCUT2D eigenvalue weighted by Crippen LogP contribution is -2.31. The molecule has 2 unspecified atom stereocenters. The standard InChI is InChI=1S/C24H24FN3O2S/c1-24(2,3)16-4-9-19-14(11-16)10-15(13-26)22(27-19)31-20-12-21(29)28(23(20)30)18-7-5-17(25)6-8-18/h5-8,10,16,20H,4,9,11-12H2,1-3H3. The number of carbonyl (C=O) groups excluding carboxylic acids is 2. The molecule has 0 saturated carbocycles. The summed E-state index contributed by atoms with van der Waals surface area (Å²) in [5.41, 5.74) is 3.08. The second-order valence-electron chi connectivity index (χ2n) is 9.22. The molecule has 31 heavy (non-hydrogen) atoms. The molecular weight excluding hydrogens is 413 g/mol. The number of nitrogens with zero attached hydrogens (tertiary/aromatic N) is 3. The van der Waals surface area contributed by atoms with Crippen LogP contribution in [0.5, 0.6) is 0 Å². The first-order valence-electron chi connectivity index (χ1n) is 10.4. The van der Waals surface area contributed by atoms with Gasteiger partial charge in [0.05, 0.1) is 16.5 Å². The predicted molar refractivity (Wildman–Crippen MR) is 117 cm³/mol. The minimum absolute atomic E-state index is 0.0244. The van der Waals surface area contributed by atoms with E-state index in [4.69, 9.17) is 4.98 Å². The van der Waals surface area contributed by atoms with E-state index in [0.717, 1.165) is 35.4 Å². The van der Waals surface area contributed by atoms with Crippen LogP contribution in [0.15, 0.2) is 35.4 Å². The quantitative estimate of drug-likeness (QED) is 0.653. The SMILES string of the molecule is CC(C)(C)C1CCc2nc(SC3CC(=O)N(c4ccc(F)cc4)C3=O)c(C#N)cc2C1. The van der Waals surface area contributed by atoms with Crippen molar-refractivity contribution in [3.63, 3.8) is 0 Å². The van der Waals surface area contributed by atoms with Crippen molar-refractivity contribution < 1.29 is 14.0 Å². The number of benzene rings is 1. The minimum Gasteiger partial charge on any atom is -0.274 e. The molecule has 0 N–H and O–H groups in total. The van der Waals surface area contributed by atoms with Crippen LogP contribution in [0.2, 0.25) is 0 Å². The number of aryl methyl sites for hydroxylation is 1. The van der Waals surface area contributed by atoms with E-state index >= 15 is 0 Å². The fourth-order valence-corrected chi connectivity index (χ4v) is 5.34. The fourth-order valence-electron chi connectivity index (χ4n) is 4.25.